The third-order valence-corrected chi connectivity index (χ3v) is 6.69. The second kappa shape index (κ2) is 8.19. The summed E-state index contributed by atoms with van der Waals surface area (Å²) < 4.78 is 1.89. The van der Waals surface area contributed by atoms with Gasteiger partial charge in [-0.05, 0) is 24.0 Å². The summed E-state index contributed by atoms with van der Waals surface area (Å²) in [6.45, 7) is 7.09. The molecular weight excluding hydrogens is 376 g/mol. The Balaban J connectivity index is 1.91. The molecule has 0 fully saturated rings. The van der Waals surface area contributed by atoms with Crippen LogP contribution in [0.2, 0.25) is 0 Å². The van der Waals surface area contributed by atoms with E-state index in [1.54, 1.807) is 11.8 Å². The number of nitrogens with zero attached hydrogens (tertiary/aromatic N) is 2. The molecule has 0 N–H and O–H groups in total. The van der Waals surface area contributed by atoms with Crippen molar-refractivity contribution in [3.05, 3.63) is 81.6 Å². The SMILES string of the molecule is CCCCSc1nc2c(c(=O)n1Cc1ccccc1)C(C)(C)Cc1ccccc1-2. The van der Waals surface area contributed by atoms with Crippen molar-refractivity contribution >= 4 is 11.8 Å². The molecule has 2 aromatic carbocycles. The van der Waals surface area contributed by atoms with E-state index in [0.29, 0.717) is 6.54 Å². The van der Waals surface area contributed by atoms with Gasteiger partial charge in [0.25, 0.3) is 5.56 Å². The molecule has 0 radical (unpaired) electrons. The standard InChI is InChI=1S/C25H28N2OS/c1-4-5-15-29-24-26-22-20-14-10-9-13-19(20)16-25(2,3)21(22)23(28)27(24)17-18-11-7-6-8-12-18/h6-14H,4-5,15-17H2,1-3H3. The third-order valence-electron chi connectivity index (χ3n) is 5.63. The zero-order valence-corrected chi connectivity index (χ0v) is 18.3. The topological polar surface area (TPSA) is 34.9 Å². The fraction of sp³-hybridized carbons (Fsp3) is 0.360. The van der Waals surface area contributed by atoms with Crippen molar-refractivity contribution in [1.82, 2.24) is 9.55 Å². The summed E-state index contributed by atoms with van der Waals surface area (Å²) >= 11 is 1.70. The molecule has 0 unspecified atom stereocenters. The smallest absolute Gasteiger partial charge is 0.258 e. The summed E-state index contributed by atoms with van der Waals surface area (Å²) in [5, 5.41) is 0.832. The average Bonchev–Trinajstić information content (AvgIpc) is 2.70. The Morgan fingerprint density at radius 1 is 1.07 bits per heavy atom. The second-order valence-corrected chi connectivity index (χ2v) is 9.48. The fourth-order valence-corrected chi connectivity index (χ4v) is 5.21. The molecule has 0 bridgehead atoms. The molecule has 3 nitrogen and oxygen atoms in total. The maximum atomic E-state index is 13.8. The van der Waals surface area contributed by atoms with E-state index in [-0.39, 0.29) is 11.0 Å². The van der Waals surface area contributed by atoms with Crippen molar-refractivity contribution in [2.45, 2.75) is 57.1 Å². The van der Waals surface area contributed by atoms with E-state index in [2.05, 4.69) is 51.1 Å². The Morgan fingerprint density at radius 3 is 2.55 bits per heavy atom. The van der Waals surface area contributed by atoms with E-state index in [0.717, 1.165) is 52.6 Å². The number of hydrogen-bond donors (Lipinski definition) is 0. The van der Waals surface area contributed by atoms with Crippen LogP contribution in [0.5, 0.6) is 0 Å². The van der Waals surface area contributed by atoms with Crippen molar-refractivity contribution in [3.8, 4) is 11.3 Å². The molecule has 4 rings (SSSR count). The lowest BCUT2D eigenvalue weighted by atomic mass is 9.72. The molecule has 4 heteroatoms. The van der Waals surface area contributed by atoms with Crippen LogP contribution in [-0.4, -0.2) is 15.3 Å². The van der Waals surface area contributed by atoms with Gasteiger partial charge < -0.3 is 0 Å². The Bertz CT molecular complexity index is 1070. The largest absolute Gasteiger partial charge is 0.283 e. The molecule has 1 aliphatic rings. The highest BCUT2D eigenvalue weighted by molar-refractivity contribution is 7.99. The van der Waals surface area contributed by atoms with Gasteiger partial charge in [-0.3, -0.25) is 9.36 Å². The molecule has 0 atom stereocenters. The van der Waals surface area contributed by atoms with Crippen molar-refractivity contribution in [2.24, 2.45) is 0 Å². The Morgan fingerprint density at radius 2 is 1.79 bits per heavy atom. The molecule has 0 spiro atoms. The third kappa shape index (κ3) is 3.91. The predicted octanol–water partition coefficient (Wildman–Crippen LogP) is 5.68. The quantitative estimate of drug-likeness (QED) is 0.301. The first-order valence-corrected chi connectivity index (χ1v) is 11.4. The lowest BCUT2D eigenvalue weighted by Crippen LogP contribution is -2.38. The molecule has 0 amide bonds. The van der Waals surface area contributed by atoms with Crippen LogP contribution in [0.25, 0.3) is 11.3 Å². The fourth-order valence-electron chi connectivity index (χ4n) is 4.13. The predicted molar refractivity (Wildman–Crippen MR) is 122 cm³/mol. The van der Waals surface area contributed by atoms with Crippen LogP contribution in [0.3, 0.4) is 0 Å². The normalized spacial score (nSPS) is 14.3. The van der Waals surface area contributed by atoms with Crippen molar-refractivity contribution in [2.75, 3.05) is 5.75 Å². The van der Waals surface area contributed by atoms with Gasteiger partial charge in [0, 0.05) is 22.3 Å². The van der Waals surface area contributed by atoms with E-state index < -0.39 is 0 Å². The Hall–Kier alpha value is -2.33. The number of fused-ring (bicyclic) bond motifs is 3. The summed E-state index contributed by atoms with van der Waals surface area (Å²) in [5.41, 5.74) is 5.13. The van der Waals surface area contributed by atoms with E-state index in [1.807, 2.05) is 28.8 Å². The van der Waals surface area contributed by atoms with Gasteiger partial charge in [0.2, 0.25) is 0 Å². The lowest BCUT2D eigenvalue weighted by molar-refractivity contribution is 0.489. The van der Waals surface area contributed by atoms with E-state index in [1.165, 1.54) is 5.56 Å². The van der Waals surface area contributed by atoms with Gasteiger partial charge in [0.15, 0.2) is 5.16 Å². The highest BCUT2D eigenvalue weighted by Crippen LogP contribution is 2.41. The van der Waals surface area contributed by atoms with Crippen LogP contribution < -0.4 is 5.56 Å². The summed E-state index contributed by atoms with van der Waals surface area (Å²) in [6.07, 6.45) is 3.11. The molecule has 0 aliphatic heterocycles. The number of benzene rings is 2. The maximum Gasteiger partial charge on any atom is 0.258 e. The summed E-state index contributed by atoms with van der Waals surface area (Å²) in [7, 11) is 0. The van der Waals surface area contributed by atoms with E-state index in [9.17, 15) is 4.79 Å². The molecule has 150 valence electrons. The first-order chi connectivity index (χ1) is 14.0. The molecule has 1 heterocycles. The first kappa shape index (κ1) is 20.0. The van der Waals surface area contributed by atoms with E-state index >= 15 is 0 Å². The zero-order chi connectivity index (χ0) is 20.4. The Labute approximate surface area is 177 Å². The first-order valence-electron chi connectivity index (χ1n) is 10.4. The van der Waals surface area contributed by atoms with Gasteiger partial charge in [-0.15, -0.1) is 0 Å². The monoisotopic (exact) mass is 404 g/mol. The minimum atomic E-state index is -0.237. The molecule has 1 aromatic heterocycles. The average molecular weight is 405 g/mol. The van der Waals surface area contributed by atoms with Crippen LogP contribution in [0.4, 0.5) is 0 Å². The van der Waals surface area contributed by atoms with Crippen LogP contribution in [0, 0.1) is 0 Å². The minimum absolute atomic E-state index is 0.109. The lowest BCUT2D eigenvalue weighted by Gasteiger charge is -2.33. The van der Waals surface area contributed by atoms with Gasteiger partial charge in [-0.2, -0.15) is 0 Å². The van der Waals surface area contributed by atoms with Gasteiger partial charge >= 0.3 is 0 Å². The molecule has 1 aliphatic carbocycles. The zero-order valence-electron chi connectivity index (χ0n) is 17.4. The van der Waals surface area contributed by atoms with Crippen LogP contribution in [0.1, 0.15) is 50.3 Å². The highest BCUT2D eigenvalue weighted by Gasteiger charge is 2.36. The van der Waals surface area contributed by atoms with Gasteiger partial charge in [-0.25, -0.2) is 4.98 Å². The molecule has 0 saturated heterocycles. The van der Waals surface area contributed by atoms with Gasteiger partial charge in [-0.1, -0.05) is 93.6 Å². The molecular formula is C25H28N2OS. The molecule has 3 aromatic rings. The maximum absolute atomic E-state index is 13.8. The van der Waals surface area contributed by atoms with Crippen LogP contribution in [-0.2, 0) is 18.4 Å². The van der Waals surface area contributed by atoms with E-state index in [4.69, 9.17) is 4.98 Å². The summed E-state index contributed by atoms with van der Waals surface area (Å²) in [5.74, 6) is 0.974. The number of aromatic nitrogens is 2. The van der Waals surface area contributed by atoms with Crippen molar-refractivity contribution in [3.63, 3.8) is 0 Å². The number of hydrogen-bond acceptors (Lipinski definition) is 3. The van der Waals surface area contributed by atoms with Crippen molar-refractivity contribution < 1.29 is 0 Å². The summed E-state index contributed by atoms with van der Waals surface area (Å²) in [4.78, 5) is 18.9. The van der Waals surface area contributed by atoms with Crippen LogP contribution in [0.15, 0.2) is 64.5 Å². The highest BCUT2D eigenvalue weighted by atomic mass is 32.2. The van der Waals surface area contributed by atoms with Crippen molar-refractivity contribution in [1.29, 1.82) is 0 Å². The minimum Gasteiger partial charge on any atom is -0.283 e. The summed E-state index contributed by atoms with van der Waals surface area (Å²) in [6, 6.07) is 18.6. The number of thioether (sulfide) groups is 1. The second-order valence-electron chi connectivity index (χ2n) is 8.41. The van der Waals surface area contributed by atoms with Crippen LogP contribution >= 0.6 is 11.8 Å². The van der Waals surface area contributed by atoms with Gasteiger partial charge in [0.05, 0.1) is 12.2 Å². The molecule has 0 saturated carbocycles. The Kier molecular flexibility index (Phi) is 5.64. The number of unbranched alkanes of at least 4 members (excludes halogenated alkanes) is 1. The number of rotatable bonds is 6. The molecule has 29 heavy (non-hydrogen) atoms. The van der Waals surface area contributed by atoms with Gasteiger partial charge in [0.1, 0.15) is 0 Å².